The van der Waals surface area contributed by atoms with Gasteiger partial charge in [0.05, 0.1) is 6.04 Å². The van der Waals surface area contributed by atoms with Crippen LogP contribution in [0.3, 0.4) is 0 Å². The van der Waals surface area contributed by atoms with Crippen LogP contribution in [-0.4, -0.2) is 41.9 Å². The molecule has 1 saturated heterocycles. The van der Waals surface area contributed by atoms with E-state index in [0.717, 1.165) is 5.69 Å². The second-order valence-electron chi connectivity index (χ2n) is 7.20. The molecule has 1 aliphatic rings. The van der Waals surface area contributed by atoms with Gasteiger partial charge in [0.25, 0.3) is 0 Å². The molecule has 2 aromatic rings. The number of halogens is 1. The molecule has 0 radical (unpaired) electrons. The molecule has 1 aliphatic heterocycles. The molecule has 3 amide bonds. The number of piperidine rings is 1. The molecule has 0 aromatic heterocycles. The summed E-state index contributed by atoms with van der Waals surface area (Å²) in [5, 5.41) is 2.87. The molecule has 6 heteroatoms. The van der Waals surface area contributed by atoms with Gasteiger partial charge in [-0.25, -0.2) is 9.18 Å². The number of hydrogen-bond acceptors (Lipinski definition) is 2. The van der Waals surface area contributed by atoms with Gasteiger partial charge in [0.2, 0.25) is 5.91 Å². The van der Waals surface area contributed by atoms with Crippen molar-refractivity contribution in [3.63, 3.8) is 0 Å². The fourth-order valence-electron chi connectivity index (χ4n) is 3.55. The van der Waals surface area contributed by atoms with Gasteiger partial charge in [0.15, 0.2) is 0 Å². The summed E-state index contributed by atoms with van der Waals surface area (Å²) in [4.78, 5) is 28.6. The first kappa shape index (κ1) is 19.9. The van der Waals surface area contributed by atoms with E-state index in [1.807, 2.05) is 37.3 Å². The Morgan fingerprint density at radius 1 is 1.07 bits per heavy atom. The highest BCUT2D eigenvalue weighted by molar-refractivity contribution is 5.89. The van der Waals surface area contributed by atoms with Crippen LogP contribution in [0, 0.1) is 11.7 Å². The molecule has 1 unspecified atom stereocenters. The van der Waals surface area contributed by atoms with Gasteiger partial charge in [-0.3, -0.25) is 4.79 Å². The summed E-state index contributed by atoms with van der Waals surface area (Å²) in [6.45, 7) is 2.88. The lowest BCUT2D eigenvalue weighted by Gasteiger charge is -2.35. The van der Waals surface area contributed by atoms with Crippen molar-refractivity contribution in [1.29, 1.82) is 0 Å². The van der Waals surface area contributed by atoms with Gasteiger partial charge in [-0.15, -0.1) is 0 Å². The third-order valence-corrected chi connectivity index (χ3v) is 5.44. The van der Waals surface area contributed by atoms with E-state index in [1.54, 1.807) is 35.0 Å². The number of para-hydroxylation sites is 1. The van der Waals surface area contributed by atoms with Gasteiger partial charge in [-0.1, -0.05) is 36.4 Å². The minimum Gasteiger partial charge on any atom is -0.339 e. The van der Waals surface area contributed by atoms with Crippen molar-refractivity contribution in [1.82, 2.24) is 9.80 Å². The molecule has 148 valence electrons. The van der Waals surface area contributed by atoms with Crippen molar-refractivity contribution in [2.75, 3.05) is 25.5 Å². The Kier molecular flexibility index (Phi) is 6.29. The van der Waals surface area contributed by atoms with Gasteiger partial charge in [0, 0.05) is 37.3 Å². The van der Waals surface area contributed by atoms with Gasteiger partial charge < -0.3 is 15.1 Å². The molecule has 1 atom stereocenters. The zero-order valence-electron chi connectivity index (χ0n) is 16.3. The fraction of sp³-hybridized carbons (Fsp3) is 0.364. The highest BCUT2D eigenvalue weighted by Crippen LogP contribution is 2.26. The summed E-state index contributed by atoms with van der Waals surface area (Å²) in [7, 11) is 1.72. The highest BCUT2D eigenvalue weighted by atomic mass is 19.1. The Balaban J connectivity index is 1.54. The standard InChI is InChI=1S/C22H26FN3O2/c1-16(19-10-6-7-11-20(19)23)25(2)21(27)17-12-14-26(15-13-17)22(28)24-18-8-4-3-5-9-18/h3-11,16-17H,12-15H2,1-2H3,(H,24,28). The number of anilines is 1. The zero-order valence-corrected chi connectivity index (χ0v) is 16.3. The minimum atomic E-state index is -0.340. The van der Waals surface area contributed by atoms with Crippen LogP contribution in [0.25, 0.3) is 0 Å². The second kappa shape index (κ2) is 8.87. The number of hydrogen-bond donors (Lipinski definition) is 1. The van der Waals surface area contributed by atoms with E-state index in [-0.39, 0.29) is 29.7 Å². The van der Waals surface area contributed by atoms with Gasteiger partial charge in [-0.2, -0.15) is 0 Å². The number of amides is 3. The first-order chi connectivity index (χ1) is 13.5. The number of nitrogens with one attached hydrogen (secondary N) is 1. The molecule has 1 N–H and O–H groups in total. The maximum Gasteiger partial charge on any atom is 0.321 e. The van der Waals surface area contributed by atoms with Crippen LogP contribution in [0.2, 0.25) is 0 Å². The van der Waals surface area contributed by atoms with Crippen LogP contribution < -0.4 is 5.32 Å². The Bertz CT molecular complexity index is 820. The summed E-state index contributed by atoms with van der Waals surface area (Å²) >= 11 is 0. The first-order valence-corrected chi connectivity index (χ1v) is 9.59. The lowest BCUT2D eigenvalue weighted by Crippen LogP contribution is -2.45. The predicted molar refractivity (Wildman–Crippen MR) is 107 cm³/mol. The SMILES string of the molecule is CC(c1ccccc1F)N(C)C(=O)C1CCN(C(=O)Nc2ccccc2)CC1. The van der Waals surface area contributed by atoms with Crippen LogP contribution >= 0.6 is 0 Å². The van der Waals surface area contributed by atoms with Crippen molar-refractivity contribution < 1.29 is 14.0 Å². The second-order valence-corrected chi connectivity index (χ2v) is 7.20. The monoisotopic (exact) mass is 383 g/mol. The number of likely N-dealkylation sites (tertiary alicyclic amines) is 1. The van der Waals surface area contributed by atoms with Crippen LogP contribution in [0.1, 0.15) is 31.4 Å². The average Bonchev–Trinajstić information content (AvgIpc) is 2.73. The van der Waals surface area contributed by atoms with Crippen molar-refractivity contribution in [3.05, 3.63) is 66.0 Å². The third-order valence-electron chi connectivity index (χ3n) is 5.44. The third kappa shape index (κ3) is 4.50. The van der Waals surface area contributed by atoms with Crippen LogP contribution in [0.5, 0.6) is 0 Å². The molecular formula is C22H26FN3O2. The quantitative estimate of drug-likeness (QED) is 0.856. The molecule has 0 bridgehead atoms. The molecule has 5 nitrogen and oxygen atoms in total. The van der Waals surface area contributed by atoms with Gasteiger partial charge >= 0.3 is 6.03 Å². The Hall–Kier alpha value is -2.89. The van der Waals surface area contributed by atoms with Crippen LogP contribution in [-0.2, 0) is 4.79 Å². The van der Waals surface area contributed by atoms with E-state index in [0.29, 0.717) is 31.5 Å². The first-order valence-electron chi connectivity index (χ1n) is 9.59. The molecule has 0 aliphatic carbocycles. The zero-order chi connectivity index (χ0) is 20.1. The van der Waals surface area contributed by atoms with Crippen LogP contribution in [0.4, 0.5) is 14.9 Å². The number of benzene rings is 2. The number of urea groups is 1. The minimum absolute atomic E-state index is 0.00105. The van der Waals surface area contributed by atoms with E-state index >= 15 is 0 Å². The number of rotatable bonds is 4. The van der Waals surface area contributed by atoms with E-state index in [9.17, 15) is 14.0 Å². The van der Waals surface area contributed by atoms with Gasteiger partial charge in [-0.05, 0) is 38.0 Å². The Labute approximate surface area is 165 Å². The molecule has 3 rings (SSSR count). The number of carbonyl (C=O) groups is 2. The normalized spacial score (nSPS) is 15.8. The van der Waals surface area contributed by atoms with E-state index in [4.69, 9.17) is 0 Å². The predicted octanol–water partition coefficient (Wildman–Crippen LogP) is 4.29. The maximum absolute atomic E-state index is 14.0. The van der Waals surface area contributed by atoms with Crippen molar-refractivity contribution in [2.45, 2.75) is 25.8 Å². The smallest absolute Gasteiger partial charge is 0.321 e. The number of carbonyl (C=O) groups excluding carboxylic acids is 2. The largest absolute Gasteiger partial charge is 0.339 e. The van der Waals surface area contributed by atoms with Crippen molar-refractivity contribution >= 4 is 17.6 Å². The topological polar surface area (TPSA) is 52.7 Å². The average molecular weight is 383 g/mol. The van der Waals surface area contributed by atoms with Crippen LogP contribution in [0.15, 0.2) is 54.6 Å². The van der Waals surface area contributed by atoms with E-state index in [2.05, 4.69) is 5.32 Å². The summed E-state index contributed by atoms with van der Waals surface area (Å²) in [6.07, 6.45) is 1.21. The highest BCUT2D eigenvalue weighted by Gasteiger charge is 2.31. The lowest BCUT2D eigenvalue weighted by atomic mass is 9.94. The Morgan fingerprint density at radius 3 is 2.32 bits per heavy atom. The molecular weight excluding hydrogens is 357 g/mol. The van der Waals surface area contributed by atoms with Crippen molar-refractivity contribution in [2.24, 2.45) is 5.92 Å². The molecule has 1 fully saturated rings. The van der Waals surface area contributed by atoms with Gasteiger partial charge in [0.1, 0.15) is 5.82 Å². The van der Waals surface area contributed by atoms with E-state index in [1.165, 1.54) is 6.07 Å². The summed E-state index contributed by atoms with van der Waals surface area (Å²) in [6, 6.07) is 15.4. The fourth-order valence-corrected chi connectivity index (χ4v) is 3.55. The van der Waals surface area contributed by atoms with E-state index < -0.39 is 0 Å². The summed E-state index contributed by atoms with van der Waals surface area (Å²) < 4.78 is 14.0. The summed E-state index contributed by atoms with van der Waals surface area (Å²) in [5.41, 5.74) is 1.27. The Morgan fingerprint density at radius 2 is 1.68 bits per heavy atom. The lowest BCUT2D eigenvalue weighted by molar-refractivity contribution is -0.137. The molecule has 2 aromatic carbocycles. The maximum atomic E-state index is 14.0. The molecule has 0 saturated carbocycles. The number of nitrogens with zero attached hydrogens (tertiary/aromatic N) is 2. The van der Waals surface area contributed by atoms with Crippen molar-refractivity contribution in [3.8, 4) is 0 Å². The molecule has 1 heterocycles. The molecule has 28 heavy (non-hydrogen) atoms. The summed E-state index contributed by atoms with van der Waals surface area (Å²) in [5.74, 6) is -0.457. The molecule has 0 spiro atoms.